The molecule has 2 rings (SSSR count). The smallest absolute Gasteiger partial charge is 0.316 e. The van der Waals surface area contributed by atoms with E-state index in [2.05, 4.69) is 0 Å². The second-order valence-corrected chi connectivity index (χ2v) is 5.27. The Morgan fingerprint density at radius 3 is 2.28 bits per heavy atom. The number of ether oxygens (including phenoxy) is 1. The van der Waals surface area contributed by atoms with Gasteiger partial charge in [-0.2, -0.15) is 0 Å². The van der Waals surface area contributed by atoms with Crippen LogP contribution in [0.2, 0.25) is 0 Å². The standard InChI is InChI=1S/C15H16O3/c1-15(2,3)14(17)18-13-9-8-12(16)10-6-4-5-7-11(10)13/h4-9,16H,1-3H3. The van der Waals surface area contributed by atoms with Gasteiger partial charge in [0.2, 0.25) is 0 Å². The van der Waals surface area contributed by atoms with Crippen molar-refractivity contribution in [3.63, 3.8) is 0 Å². The monoisotopic (exact) mass is 244 g/mol. The fourth-order valence-electron chi connectivity index (χ4n) is 1.60. The van der Waals surface area contributed by atoms with Crippen molar-refractivity contribution in [1.29, 1.82) is 0 Å². The van der Waals surface area contributed by atoms with Crippen LogP contribution >= 0.6 is 0 Å². The van der Waals surface area contributed by atoms with Gasteiger partial charge in [-0.05, 0) is 32.9 Å². The minimum Gasteiger partial charge on any atom is -0.507 e. The highest BCUT2D eigenvalue weighted by molar-refractivity contribution is 5.94. The van der Waals surface area contributed by atoms with Gasteiger partial charge in [0.15, 0.2) is 0 Å². The van der Waals surface area contributed by atoms with Crippen molar-refractivity contribution in [3.05, 3.63) is 36.4 Å². The largest absolute Gasteiger partial charge is 0.507 e. The summed E-state index contributed by atoms with van der Waals surface area (Å²) >= 11 is 0. The normalized spacial score (nSPS) is 11.5. The van der Waals surface area contributed by atoms with Gasteiger partial charge in [-0.1, -0.05) is 24.3 Å². The third-order valence-corrected chi connectivity index (χ3v) is 2.68. The third-order valence-electron chi connectivity index (χ3n) is 2.68. The van der Waals surface area contributed by atoms with Crippen LogP contribution in [0.15, 0.2) is 36.4 Å². The van der Waals surface area contributed by atoms with Crippen molar-refractivity contribution < 1.29 is 14.6 Å². The number of hydrogen-bond donors (Lipinski definition) is 1. The second kappa shape index (κ2) is 4.33. The van der Waals surface area contributed by atoms with E-state index in [4.69, 9.17) is 4.74 Å². The molecule has 1 N–H and O–H groups in total. The van der Waals surface area contributed by atoms with Crippen molar-refractivity contribution in [3.8, 4) is 11.5 Å². The maximum atomic E-state index is 11.9. The summed E-state index contributed by atoms with van der Waals surface area (Å²) in [7, 11) is 0. The topological polar surface area (TPSA) is 46.5 Å². The number of fused-ring (bicyclic) bond motifs is 1. The van der Waals surface area contributed by atoms with E-state index in [1.54, 1.807) is 32.9 Å². The van der Waals surface area contributed by atoms with E-state index in [0.29, 0.717) is 11.1 Å². The van der Waals surface area contributed by atoms with Gasteiger partial charge in [-0.3, -0.25) is 4.79 Å². The molecule has 3 heteroatoms. The zero-order valence-electron chi connectivity index (χ0n) is 10.7. The van der Waals surface area contributed by atoms with Gasteiger partial charge in [-0.15, -0.1) is 0 Å². The number of hydrogen-bond acceptors (Lipinski definition) is 3. The molecular weight excluding hydrogens is 228 g/mol. The summed E-state index contributed by atoms with van der Waals surface area (Å²) < 4.78 is 5.40. The number of benzene rings is 2. The fourth-order valence-corrected chi connectivity index (χ4v) is 1.60. The van der Waals surface area contributed by atoms with Gasteiger partial charge < -0.3 is 9.84 Å². The van der Waals surface area contributed by atoms with E-state index in [0.717, 1.165) is 5.39 Å². The Morgan fingerprint density at radius 2 is 1.67 bits per heavy atom. The van der Waals surface area contributed by atoms with Gasteiger partial charge in [0.25, 0.3) is 0 Å². The maximum Gasteiger partial charge on any atom is 0.316 e. The maximum absolute atomic E-state index is 11.9. The molecule has 0 aliphatic rings. The molecule has 2 aromatic carbocycles. The van der Waals surface area contributed by atoms with Crippen LogP contribution in [0.4, 0.5) is 0 Å². The number of rotatable bonds is 1. The molecular formula is C15H16O3. The molecule has 3 nitrogen and oxygen atoms in total. The number of phenolic OH excluding ortho intramolecular Hbond substituents is 1. The molecule has 0 saturated heterocycles. The lowest BCUT2D eigenvalue weighted by Gasteiger charge is -2.17. The Balaban J connectivity index is 2.47. The van der Waals surface area contributed by atoms with Gasteiger partial charge in [0.05, 0.1) is 5.41 Å². The Morgan fingerprint density at radius 1 is 1.06 bits per heavy atom. The SMILES string of the molecule is CC(C)(C)C(=O)Oc1ccc(O)c2ccccc12. The van der Waals surface area contributed by atoms with Crippen molar-refractivity contribution in [1.82, 2.24) is 0 Å². The lowest BCUT2D eigenvalue weighted by Crippen LogP contribution is -2.25. The van der Waals surface area contributed by atoms with E-state index in [1.807, 2.05) is 18.2 Å². The van der Waals surface area contributed by atoms with Gasteiger partial charge in [0, 0.05) is 10.8 Å². The average Bonchev–Trinajstić information content (AvgIpc) is 2.32. The number of phenols is 1. The van der Waals surface area contributed by atoms with Crippen LogP contribution in [0.25, 0.3) is 10.8 Å². The summed E-state index contributed by atoms with van der Waals surface area (Å²) in [5.41, 5.74) is -0.557. The highest BCUT2D eigenvalue weighted by atomic mass is 16.5. The summed E-state index contributed by atoms with van der Waals surface area (Å²) in [5.74, 6) is 0.364. The first-order valence-corrected chi connectivity index (χ1v) is 5.82. The minimum absolute atomic E-state index is 0.182. The number of carbonyl (C=O) groups excluding carboxylic acids is 1. The summed E-state index contributed by atoms with van der Waals surface area (Å²) in [4.78, 5) is 11.9. The Hall–Kier alpha value is -2.03. The molecule has 0 saturated carbocycles. The van der Waals surface area contributed by atoms with Crippen LogP contribution in [-0.2, 0) is 4.79 Å². The van der Waals surface area contributed by atoms with E-state index in [-0.39, 0.29) is 11.7 Å². The molecule has 2 aromatic rings. The fraction of sp³-hybridized carbons (Fsp3) is 0.267. The first-order chi connectivity index (χ1) is 8.39. The summed E-state index contributed by atoms with van der Waals surface area (Å²) in [6.45, 7) is 5.41. The molecule has 0 heterocycles. The van der Waals surface area contributed by atoms with E-state index < -0.39 is 5.41 Å². The molecule has 0 spiro atoms. The molecule has 94 valence electrons. The average molecular weight is 244 g/mol. The molecule has 0 fully saturated rings. The van der Waals surface area contributed by atoms with Crippen LogP contribution in [0, 0.1) is 5.41 Å². The van der Waals surface area contributed by atoms with Gasteiger partial charge in [-0.25, -0.2) is 0 Å². The Kier molecular flexibility index (Phi) is 2.99. The minimum atomic E-state index is -0.557. The quantitative estimate of drug-likeness (QED) is 0.617. The van der Waals surface area contributed by atoms with Crippen LogP contribution in [0.3, 0.4) is 0 Å². The molecule has 18 heavy (non-hydrogen) atoms. The highest BCUT2D eigenvalue weighted by Crippen LogP contribution is 2.33. The second-order valence-electron chi connectivity index (χ2n) is 5.27. The van der Waals surface area contributed by atoms with Gasteiger partial charge >= 0.3 is 5.97 Å². The van der Waals surface area contributed by atoms with Crippen molar-refractivity contribution in [2.75, 3.05) is 0 Å². The third kappa shape index (κ3) is 2.30. The predicted octanol–water partition coefficient (Wildman–Crippen LogP) is 3.50. The molecule has 0 bridgehead atoms. The summed E-state index contributed by atoms with van der Waals surface area (Å²) in [6, 6.07) is 10.4. The van der Waals surface area contributed by atoms with Crippen LogP contribution < -0.4 is 4.74 Å². The lowest BCUT2D eigenvalue weighted by atomic mass is 9.97. The predicted molar refractivity (Wildman–Crippen MR) is 70.7 cm³/mol. The number of esters is 1. The zero-order valence-corrected chi connectivity index (χ0v) is 10.7. The van der Waals surface area contributed by atoms with Crippen molar-refractivity contribution in [2.45, 2.75) is 20.8 Å². The van der Waals surface area contributed by atoms with Gasteiger partial charge in [0.1, 0.15) is 11.5 Å². The molecule has 0 unspecified atom stereocenters. The lowest BCUT2D eigenvalue weighted by molar-refractivity contribution is -0.142. The molecule has 0 aromatic heterocycles. The number of carbonyl (C=O) groups is 1. The van der Waals surface area contributed by atoms with E-state index >= 15 is 0 Å². The van der Waals surface area contributed by atoms with E-state index in [1.165, 1.54) is 6.07 Å². The molecule has 0 aliphatic carbocycles. The highest BCUT2D eigenvalue weighted by Gasteiger charge is 2.24. The Labute approximate surface area is 106 Å². The summed E-state index contributed by atoms with van der Waals surface area (Å²) in [5, 5.41) is 11.2. The van der Waals surface area contributed by atoms with Crippen LogP contribution in [-0.4, -0.2) is 11.1 Å². The zero-order chi connectivity index (χ0) is 13.3. The molecule has 0 radical (unpaired) electrons. The van der Waals surface area contributed by atoms with Crippen LogP contribution in [0.5, 0.6) is 11.5 Å². The molecule has 0 amide bonds. The summed E-state index contributed by atoms with van der Waals surface area (Å²) in [6.07, 6.45) is 0. The van der Waals surface area contributed by atoms with Crippen molar-refractivity contribution in [2.24, 2.45) is 5.41 Å². The number of aromatic hydroxyl groups is 1. The molecule has 0 atom stereocenters. The first-order valence-electron chi connectivity index (χ1n) is 5.82. The molecule has 0 aliphatic heterocycles. The first kappa shape index (κ1) is 12.4. The van der Waals surface area contributed by atoms with Crippen LogP contribution in [0.1, 0.15) is 20.8 Å². The van der Waals surface area contributed by atoms with E-state index in [9.17, 15) is 9.90 Å². The Bertz CT molecular complexity index is 594. The van der Waals surface area contributed by atoms with Crippen molar-refractivity contribution >= 4 is 16.7 Å².